The van der Waals surface area contributed by atoms with Crippen LogP contribution in [-0.4, -0.2) is 21.8 Å². The van der Waals surface area contributed by atoms with Crippen molar-refractivity contribution < 1.29 is 19.1 Å². The van der Waals surface area contributed by atoms with Crippen LogP contribution in [0.1, 0.15) is 35.2 Å². The van der Waals surface area contributed by atoms with Crippen LogP contribution in [0.3, 0.4) is 0 Å². The monoisotopic (exact) mass is 416 g/mol. The number of carbonyl (C=O) groups is 2. The summed E-state index contributed by atoms with van der Waals surface area (Å²) in [5, 5.41) is 11.0. The Bertz CT molecular complexity index is 1190. The van der Waals surface area contributed by atoms with Gasteiger partial charge in [0.05, 0.1) is 11.6 Å². The van der Waals surface area contributed by atoms with Crippen molar-refractivity contribution in [3.8, 4) is 0 Å². The number of benzene rings is 2. The molecule has 0 radical (unpaired) electrons. The van der Waals surface area contributed by atoms with Crippen molar-refractivity contribution >= 4 is 23.1 Å². The number of halogens is 1. The summed E-state index contributed by atoms with van der Waals surface area (Å²) in [6, 6.07) is 14.0. The molecule has 1 aliphatic heterocycles. The number of aryl methyl sites for hydroxylation is 2. The molecule has 1 amide bonds. The van der Waals surface area contributed by atoms with Gasteiger partial charge in [0.2, 0.25) is 0 Å². The summed E-state index contributed by atoms with van der Waals surface area (Å²) in [5.74, 6) is -2.28. The van der Waals surface area contributed by atoms with E-state index < -0.39 is 23.5 Å². The van der Waals surface area contributed by atoms with Gasteiger partial charge in [0, 0.05) is 23.6 Å². The van der Waals surface area contributed by atoms with Crippen LogP contribution in [0.25, 0.3) is 5.76 Å². The molecule has 0 spiro atoms. The van der Waals surface area contributed by atoms with Crippen molar-refractivity contribution in [2.45, 2.75) is 26.3 Å². The quantitative estimate of drug-likeness (QED) is 0.380. The SMILES string of the molecule is CCc1ccc(N2C(=O)C(=O)/C(=C(\O)c3ccc(F)c(C)c3)C2c2ccncc2)cc1. The van der Waals surface area contributed by atoms with Crippen molar-refractivity contribution in [1.82, 2.24) is 4.98 Å². The topological polar surface area (TPSA) is 70.5 Å². The number of ketones is 1. The van der Waals surface area contributed by atoms with E-state index in [9.17, 15) is 19.1 Å². The first-order valence-electron chi connectivity index (χ1n) is 9.98. The second-order valence-electron chi connectivity index (χ2n) is 7.43. The Kier molecular flexibility index (Phi) is 5.38. The molecule has 1 aliphatic rings. The summed E-state index contributed by atoms with van der Waals surface area (Å²) >= 11 is 0. The second kappa shape index (κ2) is 8.14. The van der Waals surface area contributed by atoms with Crippen LogP contribution < -0.4 is 4.90 Å². The zero-order chi connectivity index (χ0) is 22.1. The van der Waals surface area contributed by atoms with E-state index >= 15 is 0 Å². The summed E-state index contributed by atoms with van der Waals surface area (Å²) in [5.41, 5.74) is 2.85. The highest BCUT2D eigenvalue weighted by molar-refractivity contribution is 6.51. The molecular formula is C25H21FN2O3. The molecule has 1 N–H and O–H groups in total. The zero-order valence-corrected chi connectivity index (χ0v) is 17.2. The normalized spacial score (nSPS) is 17.9. The van der Waals surface area contributed by atoms with Gasteiger partial charge < -0.3 is 5.11 Å². The van der Waals surface area contributed by atoms with E-state index in [0.717, 1.165) is 12.0 Å². The minimum absolute atomic E-state index is 0.0400. The maximum absolute atomic E-state index is 13.7. The summed E-state index contributed by atoms with van der Waals surface area (Å²) in [6.45, 7) is 3.60. The molecule has 1 unspecified atom stereocenters. The molecule has 2 heterocycles. The van der Waals surface area contributed by atoms with Crippen molar-refractivity contribution in [2.75, 3.05) is 4.90 Å². The van der Waals surface area contributed by atoms with Crippen molar-refractivity contribution in [3.63, 3.8) is 0 Å². The van der Waals surface area contributed by atoms with Crippen molar-refractivity contribution in [3.05, 3.63) is 101 Å². The third-order valence-electron chi connectivity index (χ3n) is 5.52. The highest BCUT2D eigenvalue weighted by Gasteiger charge is 2.46. The summed E-state index contributed by atoms with van der Waals surface area (Å²) in [7, 11) is 0. The molecule has 0 bridgehead atoms. The number of carbonyl (C=O) groups excluding carboxylic acids is 2. The molecule has 1 saturated heterocycles. The third kappa shape index (κ3) is 3.61. The summed E-state index contributed by atoms with van der Waals surface area (Å²) < 4.78 is 13.7. The van der Waals surface area contributed by atoms with Gasteiger partial charge >= 0.3 is 0 Å². The molecule has 4 rings (SSSR count). The van der Waals surface area contributed by atoms with Gasteiger partial charge in [-0.1, -0.05) is 19.1 Å². The Balaban J connectivity index is 1.92. The zero-order valence-electron chi connectivity index (χ0n) is 17.2. The first-order chi connectivity index (χ1) is 14.9. The molecule has 0 saturated carbocycles. The van der Waals surface area contributed by atoms with Crippen molar-refractivity contribution in [1.29, 1.82) is 0 Å². The van der Waals surface area contributed by atoms with Crippen LogP contribution in [0, 0.1) is 12.7 Å². The van der Waals surface area contributed by atoms with Gasteiger partial charge in [0.15, 0.2) is 0 Å². The predicted octanol–water partition coefficient (Wildman–Crippen LogP) is 4.72. The predicted molar refractivity (Wildman–Crippen MR) is 116 cm³/mol. The number of amides is 1. The fourth-order valence-corrected chi connectivity index (χ4v) is 3.80. The Morgan fingerprint density at radius 1 is 1.06 bits per heavy atom. The average Bonchev–Trinajstić information content (AvgIpc) is 3.06. The lowest BCUT2D eigenvalue weighted by Crippen LogP contribution is -2.29. The van der Waals surface area contributed by atoms with Crippen LogP contribution in [-0.2, 0) is 16.0 Å². The molecular weight excluding hydrogens is 395 g/mol. The van der Waals surface area contributed by atoms with E-state index in [4.69, 9.17) is 0 Å². The molecule has 3 aromatic rings. The van der Waals surface area contributed by atoms with E-state index in [1.807, 2.05) is 19.1 Å². The smallest absolute Gasteiger partial charge is 0.300 e. The van der Waals surface area contributed by atoms with Gasteiger partial charge in [-0.05, 0) is 72.5 Å². The van der Waals surface area contributed by atoms with Crippen LogP contribution in [0.4, 0.5) is 10.1 Å². The van der Waals surface area contributed by atoms with E-state index in [2.05, 4.69) is 4.98 Å². The number of aliphatic hydroxyl groups excluding tert-OH is 1. The number of rotatable bonds is 4. The molecule has 5 nitrogen and oxygen atoms in total. The van der Waals surface area contributed by atoms with Gasteiger partial charge in [-0.25, -0.2) is 4.39 Å². The molecule has 156 valence electrons. The van der Waals surface area contributed by atoms with E-state index in [0.29, 0.717) is 16.8 Å². The molecule has 31 heavy (non-hydrogen) atoms. The third-order valence-corrected chi connectivity index (χ3v) is 5.52. The van der Waals surface area contributed by atoms with Gasteiger partial charge in [-0.2, -0.15) is 0 Å². The molecule has 1 atom stereocenters. The fraction of sp³-hybridized carbons (Fsp3) is 0.160. The first kappa shape index (κ1) is 20.5. The van der Waals surface area contributed by atoms with Crippen LogP contribution >= 0.6 is 0 Å². The highest BCUT2D eigenvalue weighted by Crippen LogP contribution is 2.42. The van der Waals surface area contributed by atoms with Gasteiger partial charge in [0.1, 0.15) is 11.6 Å². The Hall–Kier alpha value is -3.80. The number of nitrogens with zero attached hydrogens (tertiary/aromatic N) is 2. The highest BCUT2D eigenvalue weighted by atomic mass is 19.1. The molecule has 0 aliphatic carbocycles. The van der Waals surface area contributed by atoms with Crippen molar-refractivity contribution in [2.24, 2.45) is 0 Å². The number of Topliss-reactive ketones (excluding diaryl/α,β-unsaturated/α-hetero) is 1. The number of anilines is 1. The lowest BCUT2D eigenvalue weighted by molar-refractivity contribution is -0.132. The number of hydrogen-bond acceptors (Lipinski definition) is 4. The largest absolute Gasteiger partial charge is 0.507 e. The number of aromatic nitrogens is 1. The minimum atomic E-state index is -0.833. The van der Waals surface area contributed by atoms with Gasteiger partial charge in [-0.3, -0.25) is 19.5 Å². The summed E-state index contributed by atoms with van der Waals surface area (Å²) in [6.07, 6.45) is 3.98. The number of aliphatic hydroxyl groups is 1. The van der Waals surface area contributed by atoms with Gasteiger partial charge in [-0.15, -0.1) is 0 Å². The Morgan fingerprint density at radius 2 is 1.74 bits per heavy atom. The van der Waals surface area contributed by atoms with Gasteiger partial charge in [0.25, 0.3) is 11.7 Å². The van der Waals surface area contributed by atoms with E-state index in [1.165, 1.54) is 23.1 Å². The summed E-state index contributed by atoms with van der Waals surface area (Å²) in [4.78, 5) is 31.5. The molecule has 2 aromatic carbocycles. The number of hydrogen-bond donors (Lipinski definition) is 1. The standard InChI is InChI=1S/C25H21FN2O3/c1-3-16-4-7-19(8-5-16)28-22(17-10-12-27-13-11-17)21(24(30)25(28)31)23(29)18-6-9-20(26)15(2)14-18/h4-14,22,29H,3H2,1-2H3/b23-21-. The molecule has 6 heteroatoms. The molecule has 1 aromatic heterocycles. The van der Waals surface area contributed by atoms with Crippen LogP contribution in [0.5, 0.6) is 0 Å². The fourth-order valence-electron chi connectivity index (χ4n) is 3.80. The second-order valence-corrected chi connectivity index (χ2v) is 7.43. The maximum atomic E-state index is 13.7. The first-order valence-corrected chi connectivity index (χ1v) is 9.98. The van der Waals surface area contributed by atoms with E-state index in [-0.39, 0.29) is 16.9 Å². The lowest BCUT2D eigenvalue weighted by atomic mass is 9.95. The minimum Gasteiger partial charge on any atom is -0.507 e. The number of pyridine rings is 1. The van der Waals surface area contributed by atoms with Crippen LogP contribution in [0.15, 0.2) is 72.6 Å². The maximum Gasteiger partial charge on any atom is 0.300 e. The Labute approximate surface area is 179 Å². The molecule has 1 fully saturated rings. The lowest BCUT2D eigenvalue weighted by Gasteiger charge is -2.25. The van der Waals surface area contributed by atoms with Crippen LogP contribution in [0.2, 0.25) is 0 Å². The average molecular weight is 416 g/mol. The van der Waals surface area contributed by atoms with E-state index in [1.54, 1.807) is 43.6 Å². The Morgan fingerprint density at radius 3 is 2.35 bits per heavy atom.